The third kappa shape index (κ3) is 2.19. The molecule has 2 atom stereocenters. The molecular formula is C14H20N2O2. The maximum Gasteiger partial charge on any atom is 0.339 e. The van der Waals surface area contributed by atoms with Crippen molar-refractivity contribution in [1.82, 2.24) is 4.98 Å². The Morgan fingerprint density at radius 2 is 2.22 bits per heavy atom. The molecule has 1 aliphatic heterocycles. The molecular weight excluding hydrogens is 228 g/mol. The van der Waals surface area contributed by atoms with Crippen LogP contribution in [0.15, 0.2) is 12.3 Å². The monoisotopic (exact) mass is 248 g/mol. The van der Waals surface area contributed by atoms with Gasteiger partial charge in [-0.15, -0.1) is 0 Å². The number of aromatic nitrogens is 1. The average molecular weight is 248 g/mol. The fraction of sp³-hybridized carbons (Fsp3) is 0.571. The van der Waals surface area contributed by atoms with Crippen LogP contribution in [-0.2, 0) is 0 Å². The molecule has 1 aromatic rings. The summed E-state index contributed by atoms with van der Waals surface area (Å²) in [5.41, 5.74) is 1.12. The lowest BCUT2D eigenvalue weighted by Crippen LogP contribution is -2.43. The predicted octanol–water partition coefficient (Wildman–Crippen LogP) is 2.71. The molecule has 4 heteroatoms. The normalized spacial score (nSPS) is 24.1. The maximum absolute atomic E-state index is 11.4. The minimum absolute atomic E-state index is 0.339. The number of rotatable bonds is 2. The number of hydrogen-bond acceptors (Lipinski definition) is 3. The summed E-state index contributed by atoms with van der Waals surface area (Å²) in [5, 5.41) is 9.36. The largest absolute Gasteiger partial charge is 0.478 e. The van der Waals surface area contributed by atoms with Crippen LogP contribution in [0, 0.1) is 12.8 Å². The van der Waals surface area contributed by atoms with Gasteiger partial charge in [-0.2, -0.15) is 0 Å². The molecule has 1 N–H and O–H groups in total. The number of carboxylic acids is 1. The van der Waals surface area contributed by atoms with Crippen molar-refractivity contribution in [2.75, 3.05) is 11.4 Å². The molecule has 18 heavy (non-hydrogen) atoms. The zero-order chi connectivity index (χ0) is 13.3. The van der Waals surface area contributed by atoms with E-state index in [1.165, 1.54) is 6.42 Å². The second-order valence-corrected chi connectivity index (χ2v) is 5.19. The quantitative estimate of drug-likeness (QED) is 0.874. The van der Waals surface area contributed by atoms with E-state index in [-0.39, 0.29) is 0 Å². The standard InChI is InChI=1S/C14H20N2O2/c1-9-5-4-8-16(11(9)3)13-12(14(17)18)10(2)6-7-15-13/h6-7,9,11H,4-5,8H2,1-3H3,(H,17,18). The first kappa shape index (κ1) is 12.9. The summed E-state index contributed by atoms with van der Waals surface area (Å²) in [6.45, 7) is 7.08. The third-order valence-electron chi connectivity index (χ3n) is 4.00. The van der Waals surface area contributed by atoms with Crippen molar-refractivity contribution in [3.8, 4) is 0 Å². The van der Waals surface area contributed by atoms with E-state index in [4.69, 9.17) is 0 Å². The van der Waals surface area contributed by atoms with Gasteiger partial charge in [0, 0.05) is 18.8 Å². The minimum Gasteiger partial charge on any atom is -0.478 e. The summed E-state index contributed by atoms with van der Waals surface area (Å²) < 4.78 is 0. The van der Waals surface area contributed by atoms with Crippen LogP contribution in [-0.4, -0.2) is 28.6 Å². The summed E-state index contributed by atoms with van der Waals surface area (Å²) in [6, 6.07) is 2.09. The first-order valence-corrected chi connectivity index (χ1v) is 6.48. The molecule has 0 radical (unpaired) electrons. The number of aromatic carboxylic acids is 1. The Balaban J connectivity index is 2.44. The summed E-state index contributed by atoms with van der Waals surface area (Å²) in [7, 11) is 0. The second kappa shape index (κ2) is 4.96. The molecule has 0 aromatic carbocycles. The molecule has 0 amide bonds. The highest BCUT2D eigenvalue weighted by molar-refractivity contribution is 5.95. The van der Waals surface area contributed by atoms with Gasteiger partial charge < -0.3 is 10.0 Å². The van der Waals surface area contributed by atoms with Gasteiger partial charge in [0.1, 0.15) is 11.4 Å². The van der Waals surface area contributed by atoms with Crippen molar-refractivity contribution in [3.05, 3.63) is 23.4 Å². The molecule has 1 fully saturated rings. The highest BCUT2D eigenvalue weighted by Gasteiger charge is 2.29. The molecule has 1 aliphatic rings. The van der Waals surface area contributed by atoms with Crippen LogP contribution in [0.2, 0.25) is 0 Å². The summed E-state index contributed by atoms with van der Waals surface area (Å²) in [4.78, 5) is 17.9. The fourth-order valence-corrected chi connectivity index (χ4v) is 2.66. The Bertz CT molecular complexity index is 459. The van der Waals surface area contributed by atoms with Crippen LogP contribution < -0.4 is 4.90 Å². The van der Waals surface area contributed by atoms with Gasteiger partial charge >= 0.3 is 5.97 Å². The molecule has 0 saturated carbocycles. The first-order valence-electron chi connectivity index (χ1n) is 6.48. The Morgan fingerprint density at radius 3 is 2.89 bits per heavy atom. The number of carboxylic acid groups (broad SMARTS) is 1. The van der Waals surface area contributed by atoms with E-state index < -0.39 is 5.97 Å². The topological polar surface area (TPSA) is 53.4 Å². The van der Waals surface area contributed by atoms with Gasteiger partial charge in [-0.3, -0.25) is 0 Å². The fourth-order valence-electron chi connectivity index (χ4n) is 2.66. The zero-order valence-electron chi connectivity index (χ0n) is 11.2. The number of pyridine rings is 1. The van der Waals surface area contributed by atoms with E-state index in [9.17, 15) is 9.90 Å². The molecule has 2 unspecified atom stereocenters. The van der Waals surface area contributed by atoms with Crippen LogP contribution in [0.3, 0.4) is 0 Å². The van der Waals surface area contributed by atoms with Crippen molar-refractivity contribution in [3.63, 3.8) is 0 Å². The van der Waals surface area contributed by atoms with Crippen molar-refractivity contribution >= 4 is 11.8 Å². The lowest BCUT2D eigenvalue weighted by atomic mass is 9.91. The summed E-state index contributed by atoms with van der Waals surface area (Å²) in [5.74, 6) is 0.310. The highest BCUT2D eigenvalue weighted by atomic mass is 16.4. The van der Waals surface area contributed by atoms with Gasteiger partial charge in [0.25, 0.3) is 0 Å². The predicted molar refractivity (Wildman–Crippen MR) is 71.1 cm³/mol. The van der Waals surface area contributed by atoms with E-state index in [1.807, 2.05) is 6.92 Å². The van der Waals surface area contributed by atoms with Crippen molar-refractivity contribution < 1.29 is 9.90 Å². The van der Waals surface area contributed by atoms with Gasteiger partial charge in [-0.05, 0) is 44.2 Å². The van der Waals surface area contributed by atoms with E-state index in [0.29, 0.717) is 23.3 Å². The molecule has 0 bridgehead atoms. The molecule has 2 rings (SSSR count). The Labute approximate surface area is 108 Å². The number of piperidine rings is 1. The van der Waals surface area contributed by atoms with Gasteiger partial charge in [-0.1, -0.05) is 6.92 Å². The van der Waals surface area contributed by atoms with Gasteiger partial charge in [0.05, 0.1) is 0 Å². The van der Waals surface area contributed by atoms with Crippen LogP contribution in [0.25, 0.3) is 0 Å². The number of carbonyl (C=O) groups is 1. The molecule has 2 heterocycles. The second-order valence-electron chi connectivity index (χ2n) is 5.19. The zero-order valence-corrected chi connectivity index (χ0v) is 11.2. The number of aryl methyl sites for hydroxylation is 1. The van der Waals surface area contributed by atoms with Gasteiger partial charge in [0.2, 0.25) is 0 Å². The molecule has 1 aromatic heterocycles. The van der Waals surface area contributed by atoms with E-state index in [0.717, 1.165) is 18.5 Å². The smallest absolute Gasteiger partial charge is 0.339 e. The maximum atomic E-state index is 11.4. The first-order chi connectivity index (χ1) is 8.52. The number of nitrogens with zero attached hydrogens (tertiary/aromatic N) is 2. The van der Waals surface area contributed by atoms with Crippen molar-refractivity contribution in [1.29, 1.82) is 0 Å². The number of anilines is 1. The van der Waals surface area contributed by atoms with E-state index in [1.54, 1.807) is 12.3 Å². The Morgan fingerprint density at radius 1 is 1.50 bits per heavy atom. The van der Waals surface area contributed by atoms with Crippen LogP contribution in [0.5, 0.6) is 0 Å². The third-order valence-corrected chi connectivity index (χ3v) is 4.00. The van der Waals surface area contributed by atoms with E-state index in [2.05, 4.69) is 23.7 Å². The minimum atomic E-state index is -0.888. The number of hydrogen-bond donors (Lipinski definition) is 1. The van der Waals surface area contributed by atoms with Crippen LogP contribution in [0.1, 0.15) is 42.6 Å². The van der Waals surface area contributed by atoms with Gasteiger partial charge in [-0.25, -0.2) is 9.78 Å². The molecule has 4 nitrogen and oxygen atoms in total. The lowest BCUT2D eigenvalue weighted by molar-refractivity contribution is 0.0696. The highest BCUT2D eigenvalue weighted by Crippen LogP contribution is 2.30. The molecule has 0 spiro atoms. The molecule has 1 saturated heterocycles. The lowest BCUT2D eigenvalue weighted by Gasteiger charge is -2.39. The van der Waals surface area contributed by atoms with E-state index >= 15 is 0 Å². The average Bonchev–Trinajstić information content (AvgIpc) is 2.32. The Kier molecular flexibility index (Phi) is 3.55. The molecule has 0 aliphatic carbocycles. The summed E-state index contributed by atoms with van der Waals surface area (Å²) >= 11 is 0. The van der Waals surface area contributed by atoms with Gasteiger partial charge in [0.15, 0.2) is 0 Å². The van der Waals surface area contributed by atoms with Crippen LogP contribution >= 0.6 is 0 Å². The Hall–Kier alpha value is -1.58. The van der Waals surface area contributed by atoms with Crippen molar-refractivity contribution in [2.24, 2.45) is 5.92 Å². The van der Waals surface area contributed by atoms with Crippen LogP contribution in [0.4, 0.5) is 5.82 Å². The van der Waals surface area contributed by atoms with Crippen molar-refractivity contribution in [2.45, 2.75) is 39.7 Å². The molecule has 98 valence electrons. The SMILES string of the molecule is Cc1ccnc(N2CCCC(C)C2C)c1C(=O)O. The summed E-state index contributed by atoms with van der Waals surface area (Å²) in [6.07, 6.45) is 4.00.